The predicted molar refractivity (Wildman–Crippen MR) is 122 cm³/mol. The Morgan fingerprint density at radius 2 is 1.97 bits per heavy atom. The van der Waals surface area contributed by atoms with E-state index in [1.807, 2.05) is 6.07 Å². The largest absolute Gasteiger partial charge is 0.384 e. The van der Waals surface area contributed by atoms with Crippen LogP contribution in [0.15, 0.2) is 22.7 Å². The highest BCUT2D eigenvalue weighted by Crippen LogP contribution is 2.29. The van der Waals surface area contributed by atoms with E-state index in [4.69, 9.17) is 9.26 Å². The quantitative estimate of drug-likeness (QED) is 0.695. The Labute approximate surface area is 185 Å². The predicted octanol–water partition coefficient (Wildman–Crippen LogP) is 3.36. The molecule has 0 bridgehead atoms. The van der Waals surface area contributed by atoms with Crippen molar-refractivity contribution < 1.29 is 14.1 Å². The molecule has 7 nitrogen and oxygen atoms in total. The average molecular weight is 429 g/mol. The molecule has 1 aliphatic carbocycles. The first-order valence-electron chi connectivity index (χ1n) is 11.7. The molecular weight excluding hydrogens is 392 g/mol. The molecule has 0 atom stereocenters. The van der Waals surface area contributed by atoms with E-state index in [0.29, 0.717) is 19.1 Å². The summed E-state index contributed by atoms with van der Waals surface area (Å²) >= 11 is 0. The summed E-state index contributed by atoms with van der Waals surface area (Å²) < 4.78 is 10.5. The Balaban J connectivity index is 1.17. The van der Waals surface area contributed by atoms with E-state index in [0.717, 1.165) is 61.7 Å². The van der Waals surface area contributed by atoms with Crippen molar-refractivity contribution in [3.05, 3.63) is 23.8 Å². The van der Waals surface area contributed by atoms with Crippen LogP contribution in [-0.2, 0) is 9.53 Å². The topological polar surface area (TPSA) is 70.8 Å². The number of amides is 1. The molecule has 0 unspecified atom stereocenters. The lowest BCUT2D eigenvalue weighted by Gasteiger charge is -2.36. The first kappa shape index (κ1) is 22.1. The van der Waals surface area contributed by atoms with Gasteiger partial charge in [-0.15, -0.1) is 0 Å². The number of rotatable bonds is 8. The molecule has 0 radical (unpaired) electrons. The number of methoxy groups -OCH3 is 1. The van der Waals surface area contributed by atoms with Crippen molar-refractivity contribution in [3.8, 4) is 0 Å². The number of aryl methyl sites for hydroxylation is 1. The molecule has 7 heteroatoms. The molecule has 1 amide bonds. The monoisotopic (exact) mass is 428 g/mol. The number of piperazine rings is 1. The van der Waals surface area contributed by atoms with Gasteiger partial charge in [0.05, 0.1) is 12.0 Å². The molecular formula is C24H36N4O3. The summed E-state index contributed by atoms with van der Waals surface area (Å²) in [5, 5.41) is 8.63. The van der Waals surface area contributed by atoms with Crippen LogP contribution in [0.3, 0.4) is 0 Å². The van der Waals surface area contributed by atoms with Crippen LogP contribution in [0.2, 0.25) is 0 Å². The molecule has 2 heterocycles. The molecule has 1 N–H and O–H groups in total. The lowest BCUT2D eigenvalue weighted by atomic mass is 9.84. The summed E-state index contributed by atoms with van der Waals surface area (Å²) in [5.41, 5.74) is 2.10. The van der Waals surface area contributed by atoms with E-state index in [9.17, 15) is 4.79 Å². The number of hydrogen-bond acceptors (Lipinski definition) is 6. The molecule has 1 saturated carbocycles. The average Bonchev–Trinajstić information content (AvgIpc) is 3.20. The van der Waals surface area contributed by atoms with Crippen LogP contribution in [-0.4, -0.2) is 68.4 Å². The van der Waals surface area contributed by atoms with E-state index in [-0.39, 0.29) is 5.91 Å². The maximum atomic E-state index is 11.9. The minimum absolute atomic E-state index is 0.123. The van der Waals surface area contributed by atoms with Crippen molar-refractivity contribution in [3.63, 3.8) is 0 Å². The summed E-state index contributed by atoms with van der Waals surface area (Å²) in [4.78, 5) is 16.8. The number of hydrogen-bond donors (Lipinski definition) is 1. The third-order valence-electron chi connectivity index (χ3n) is 6.88. The number of nitrogens with one attached hydrogen (secondary N) is 1. The standard InChI is InChI=1S/C24H36N4O3/c1-18-3-8-22-21(17-18)24(26-31-22)28-14-12-27(13-15-28)11-9-19-4-6-20(7-5-19)25-23(29)10-16-30-2/h3,8,17,19-20H,4-7,9-16H2,1-2H3,(H,25,29). The molecule has 31 heavy (non-hydrogen) atoms. The molecule has 2 aliphatic rings. The summed E-state index contributed by atoms with van der Waals surface area (Å²) in [5.74, 6) is 1.90. The molecule has 1 aliphatic heterocycles. The smallest absolute Gasteiger partial charge is 0.222 e. The molecule has 1 saturated heterocycles. The SMILES string of the molecule is COCCC(=O)NC1CCC(CCN2CCN(c3noc4ccc(C)cc34)CC2)CC1. The van der Waals surface area contributed by atoms with Gasteiger partial charge in [0.15, 0.2) is 11.4 Å². The highest BCUT2D eigenvalue weighted by atomic mass is 16.5. The third-order valence-corrected chi connectivity index (χ3v) is 6.88. The Morgan fingerprint density at radius 3 is 2.71 bits per heavy atom. The first-order chi connectivity index (χ1) is 15.1. The first-order valence-corrected chi connectivity index (χ1v) is 11.7. The minimum atomic E-state index is 0.123. The van der Waals surface area contributed by atoms with Gasteiger partial charge in [0.1, 0.15) is 0 Å². The van der Waals surface area contributed by atoms with Crippen LogP contribution in [0.1, 0.15) is 44.1 Å². The van der Waals surface area contributed by atoms with Crippen molar-refractivity contribution in [1.29, 1.82) is 0 Å². The van der Waals surface area contributed by atoms with Gasteiger partial charge in [-0.05, 0) is 63.6 Å². The van der Waals surface area contributed by atoms with Crippen molar-refractivity contribution in [2.24, 2.45) is 5.92 Å². The zero-order valence-corrected chi connectivity index (χ0v) is 18.9. The van der Waals surface area contributed by atoms with Crippen LogP contribution in [0.4, 0.5) is 5.82 Å². The van der Waals surface area contributed by atoms with Crippen molar-refractivity contribution in [1.82, 2.24) is 15.4 Å². The third kappa shape index (κ3) is 5.77. The van der Waals surface area contributed by atoms with E-state index < -0.39 is 0 Å². The van der Waals surface area contributed by atoms with Gasteiger partial charge in [-0.25, -0.2) is 0 Å². The van der Waals surface area contributed by atoms with Crippen molar-refractivity contribution >= 4 is 22.7 Å². The number of aromatic nitrogens is 1. The zero-order chi connectivity index (χ0) is 21.6. The zero-order valence-electron chi connectivity index (χ0n) is 18.9. The summed E-state index contributed by atoms with van der Waals surface area (Å²) in [6, 6.07) is 6.60. The lowest BCUT2D eigenvalue weighted by molar-refractivity contribution is -0.122. The van der Waals surface area contributed by atoms with E-state index in [1.54, 1.807) is 7.11 Å². The van der Waals surface area contributed by atoms with Crippen LogP contribution in [0, 0.1) is 12.8 Å². The Morgan fingerprint density at radius 1 is 1.19 bits per heavy atom. The van der Waals surface area contributed by atoms with E-state index in [2.05, 4.69) is 39.3 Å². The molecule has 1 aromatic heterocycles. The molecule has 4 rings (SSSR count). The van der Waals surface area contributed by atoms with Gasteiger partial charge in [0.2, 0.25) is 5.91 Å². The van der Waals surface area contributed by atoms with Gasteiger partial charge >= 0.3 is 0 Å². The highest BCUT2D eigenvalue weighted by molar-refractivity contribution is 5.89. The Kier molecular flexibility index (Phi) is 7.45. The summed E-state index contributed by atoms with van der Waals surface area (Å²) in [6.07, 6.45) is 6.38. The highest BCUT2D eigenvalue weighted by Gasteiger charge is 2.25. The van der Waals surface area contributed by atoms with Crippen molar-refractivity contribution in [2.45, 2.75) is 51.5 Å². The number of benzene rings is 1. The summed E-state index contributed by atoms with van der Waals surface area (Å²) in [6.45, 7) is 7.92. The van der Waals surface area contributed by atoms with Crippen LogP contribution in [0.25, 0.3) is 11.0 Å². The number of fused-ring (bicyclic) bond motifs is 1. The molecule has 0 spiro atoms. The maximum absolute atomic E-state index is 11.9. The number of anilines is 1. The fourth-order valence-corrected chi connectivity index (χ4v) is 4.91. The minimum Gasteiger partial charge on any atom is -0.384 e. The number of ether oxygens (including phenoxy) is 1. The second kappa shape index (κ2) is 10.5. The van der Waals surface area contributed by atoms with Gasteiger partial charge in [0, 0.05) is 45.8 Å². The molecule has 2 fully saturated rings. The van der Waals surface area contributed by atoms with Crippen molar-refractivity contribution in [2.75, 3.05) is 51.3 Å². The summed E-state index contributed by atoms with van der Waals surface area (Å²) in [7, 11) is 1.63. The van der Waals surface area contributed by atoms with Gasteiger partial charge in [-0.3, -0.25) is 9.69 Å². The van der Waals surface area contributed by atoms with Gasteiger partial charge in [-0.2, -0.15) is 0 Å². The molecule has 2 aromatic rings. The maximum Gasteiger partial charge on any atom is 0.222 e. The fraction of sp³-hybridized carbons (Fsp3) is 0.667. The van der Waals surface area contributed by atoms with Gasteiger partial charge < -0.3 is 19.5 Å². The van der Waals surface area contributed by atoms with Gasteiger partial charge in [-0.1, -0.05) is 16.8 Å². The fourth-order valence-electron chi connectivity index (χ4n) is 4.91. The second-order valence-corrected chi connectivity index (χ2v) is 9.15. The van der Waals surface area contributed by atoms with Crippen LogP contribution in [0.5, 0.6) is 0 Å². The van der Waals surface area contributed by atoms with E-state index in [1.165, 1.54) is 31.4 Å². The lowest BCUT2D eigenvalue weighted by Crippen LogP contribution is -2.47. The second-order valence-electron chi connectivity index (χ2n) is 9.15. The number of nitrogens with zero attached hydrogens (tertiary/aromatic N) is 3. The van der Waals surface area contributed by atoms with E-state index >= 15 is 0 Å². The Bertz CT molecular complexity index is 852. The Hall–Kier alpha value is -2.12. The van der Waals surface area contributed by atoms with Crippen LogP contribution >= 0.6 is 0 Å². The number of carbonyl (C=O) groups is 1. The number of carbonyl (C=O) groups excluding carboxylic acids is 1. The molecule has 1 aromatic carbocycles. The van der Waals surface area contributed by atoms with Crippen LogP contribution < -0.4 is 10.2 Å². The van der Waals surface area contributed by atoms with Gasteiger partial charge in [0.25, 0.3) is 0 Å². The molecule has 170 valence electrons. The normalized spacial score (nSPS) is 22.7.